The molecular formula is C15H14N2O2. The van der Waals surface area contributed by atoms with Gasteiger partial charge in [0.2, 0.25) is 0 Å². The number of methoxy groups -OCH3 is 2. The summed E-state index contributed by atoms with van der Waals surface area (Å²) in [5.41, 5.74) is 2.85. The van der Waals surface area contributed by atoms with Crippen molar-refractivity contribution in [3.05, 3.63) is 48.8 Å². The van der Waals surface area contributed by atoms with Crippen molar-refractivity contribution in [2.75, 3.05) is 14.2 Å². The number of rotatable bonds is 3. The molecule has 3 rings (SSSR count). The first-order chi connectivity index (χ1) is 9.30. The second-order valence-corrected chi connectivity index (χ2v) is 4.19. The molecule has 96 valence electrons. The van der Waals surface area contributed by atoms with Crippen molar-refractivity contribution in [1.82, 2.24) is 9.38 Å². The van der Waals surface area contributed by atoms with Gasteiger partial charge in [0, 0.05) is 24.0 Å². The van der Waals surface area contributed by atoms with Crippen LogP contribution in [0.4, 0.5) is 0 Å². The van der Waals surface area contributed by atoms with Crippen LogP contribution in [0.2, 0.25) is 0 Å². The zero-order valence-electron chi connectivity index (χ0n) is 10.8. The number of benzene rings is 1. The van der Waals surface area contributed by atoms with E-state index < -0.39 is 0 Å². The Morgan fingerprint density at radius 3 is 2.37 bits per heavy atom. The van der Waals surface area contributed by atoms with Gasteiger partial charge in [-0.15, -0.1) is 0 Å². The molecule has 0 aliphatic carbocycles. The quantitative estimate of drug-likeness (QED) is 0.720. The molecule has 0 aliphatic heterocycles. The Morgan fingerprint density at radius 2 is 1.68 bits per heavy atom. The monoisotopic (exact) mass is 254 g/mol. The van der Waals surface area contributed by atoms with Gasteiger partial charge in [-0.25, -0.2) is 4.98 Å². The Morgan fingerprint density at radius 1 is 0.947 bits per heavy atom. The third kappa shape index (κ3) is 2.12. The van der Waals surface area contributed by atoms with E-state index >= 15 is 0 Å². The molecule has 19 heavy (non-hydrogen) atoms. The number of hydrogen-bond donors (Lipinski definition) is 0. The van der Waals surface area contributed by atoms with E-state index in [9.17, 15) is 0 Å². The summed E-state index contributed by atoms with van der Waals surface area (Å²) < 4.78 is 12.3. The van der Waals surface area contributed by atoms with E-state index in [2.05, 4.69) is 4.98 Å². The van der Waals surface area contributed by atoms with Crippen molar-refractivity contribution >= 4 is 5.65 Å². The molecule has 0 saturated heterocycles. The van der Waals surface area contributed by atoms with Crippen molar-refractivity contribution < 1.29 is 9.47 Å². The number of hydrogen-bond acceptors (Lipinski definition) is 3. The summed E-state index contributed by atoms with van der Waals surface area (Å²) in [6, 6.07) is 11.7. The summed E-state index contributed by atoms with van der Waals surface area (Å²) in [6.07, 6.45) is 3.94. The van der Waals surface area contributed by atoms with Crippen LogP contribution in [0.5, 0.6) is 11.5 Å². The Kier molecular flexibility index (Phi) is 2.83. The van der Waals surface area contributed by atoms with Crippen LogP contribution in [-0.2, 0) is 0 Å². The van der Waals surface area contributed by atoms with E-state index in [-0.39, 0.29) is 0 Å². The second-order valence-electron chi connectivity index (χ2n) is 4.19. The second kappa shape index (κ2) is 4.65. The zero-order valence-corrected chi connectivity index (χ0v) is 10.8. The lowest BCUT2D eigenvalue weighted by atomic mass is 10.2. The van der Waals surface area contributed by atoms with Gasteiger partial charge in [0.05, 0.1) is 19.9 Å². The smallest absolute Gasteiger partial charge is 0.141 e. The molecule has 0 spiro atoms. The summed E-state index contributed by atoms with van der Waals surface area (Å²) in [6.45, 7) is 0. The van der Waals surface area contributed by atoms with E-state index in [1.54, 1.807) is 14.2 Å². The van der Waals surface area contributed by atoms with Gasteiger partial charge in [-0.3, -0.25) is 0 Å². The third-order valence-electron chi connectivity index (χ3n) is 3.05. The average Bonchev–Trinajstić information content (AvgIpc) is 2.90. The molecule has 2 aromatic heterocycles. The number of pyridine rings is 1. The van der Waals surface area contributed by atoms with Gasteiger partial charge in [-0.1, -0.05) is 0 Å². The molecule has 0 aliphatic rings. The lowest BCUT2D eigenvalue weighted by Crippen LogP contribution is -1.86. The van der Waals surface area contributed by atoms with E-state index in [4.69, 9.17) is 9.47 Å². The van der Waals surface area contributed by atoms with Gasteiger partial charge in [-0.2, -0.15) is 0 Å². The number of aromatic nitrogens is 2. The van der Waals surface area contributed by atoms with Crippen molar-refractivity contribution in [1.29, 1.82) is 0 Å². The molecule has 0 amide bonds. The van der Waals surface area contributed by atoms with E-state index in [1.807, 2.05) is 53.2 Å². The maximum atomic E-state index is 5.20. The first-order valence-corrected chi connectivity index (χ1v) is 5.97. The number of fused-ring (bicyclic) bond motifs is 1. The highest BCUT2D eigenvalue weighted by molar-refractivity contribution is 5.64. The molecule has 0 saturated carbocycles. The molecule has 0 radical (unpaired) electrons. The molecule has 0 N–H and O–H groups in total. The number of imidazole rings is 1. The van der Waals surface area contributed by atoms with Gasteiger partial charge in [0.1, 0.15) is 17.1 Å². The highest BCUT2D eigenvalue weighted by Crippen LogP contribution is 2.23. The topological polar surface area (TPSA) is 35.8 Å². The Hall–Kier alpha value is -2.49. The molecule has 0 fully saturated rings. The van der Waals surface area contributed by atoms with Crippen molar-refractivity contribution in [3.63, 3.8) is 0 Å². The predicted molar refractivity (Wildman–Crippen MR) is 73.7 cm³/mol. The maximum absolute atomic E-state index is 5.20. The third-order valence-corrected chi connectivity index (χ3v) is 3.05. The van der Waals surface area contributed by atoms with Crippen LogP contribution in [0, 0.1) is 0 Å². The van der Waals surface area contributed by atoms with Gasteiger partial charge < -0.3 is 13.9 Å². The maximum Gasteiger partial charge on any atom is 0.141 e. The van der Waals surface area contributed by atoms with Crippen LogP contribution in [0.1, 0.15) is 0 Å². The average molecular weight is 254 g/mol. The molecule has 4 heteroatoms. The fourth-order valence-electron chi connectivity index (χ4n) is 1.99. The molecule has 1 aromatic carbocycles. The number of ether oxygens (including phenoxy) is 2. The molecular weight excluding hydrogens is 240 g/mol. The fourth-order valence-corrected chi connectivity index (χ4v) is 1.99. The van der Waals surface area contributed by atoms with E-state index in [0.29, 0.717) is 0 Å². The largest absolute Gasteiger partial charge is 0.497 e. The molecule has 3 aromatic rings. The summed E-state index contributed by atoms with van der Waals surface area (Å²) in [5.74, 6) is 1.65. The Balaban J connectivity index is 2.04. The first kappa shape index (κ1) is 11.6. The van der Waals surface area contributed by atoms with Crippen molar-refractivity contribution in [2.45, 2.75) is 0 Å². The van der Waals surface area contributed by atoms with Crippen LogP contribution in [0.25, 0.3) is 16.9 Å². The van der Waals surface area contributed by atoms with Gasteiger partial charge in [0.15, 0.2) is 0 Å². The van der Waals surface area contributed by atoms with Crippen LogP contribution >= 0.6 is 0 Å². The summed E-state index contributed by atoms with van der Waals surface area (Å²) in [4.78, 5) is 4.59. The standard InChI is InChI=1S/C15H14N2O2/c1-18-12-5-3-11(4-6-12)14-10-17-8-7-13(19-2)9-15(17)16-14/h3-10H,1-2H3. The van der Waals surface area contributed by atoms with Gasteiger partial charge in [0.25, 0.3) is 0 Å². The summed E-state index contributed by atoms with van der Waals surface area (Å²) >= 11 is 0. The van der Waals surface area contributed by atoms with Gasteiger partial charge >= 0.3 is 0 Å². The highest BCUT2D eigenvalue weighted by Gasteiger charge is 2.05. The van der Waals surface area contributed by atoms with Gasteiger partial charge in [-0.05, 0) is 30.3 Å². The predicted octanol–water partition coefficient (Wildman–Crippen LogP) is 3.02. The molecule has 2 heterocycles. The minimum Gasteiger partial charge on any atom is -0.497 e. The van der Waals surface area contributed by atoms with Crippen molar-refractivity contribution in [2.24, 2.45) is 0 Å². The zero-order chi connectivity index (χ0) is 13.2. The minimum absolute atomic E-state index is 0.805. The SMILES string of the molecule is COc1ccc(-c2cn3ccc(OC)cc3n2)cc1. The number of nitrogens with zero attached hydrogens (tertiary/aromatic N) is 2. The summed E-state index contributed by atoms with van der Waals surface area (Å²) in [5, 5.41) is 0. The Bertz CT molecular complexity index is 702. The normalized spacial score (nSPS) is 10.6. The van der Waals surface area contributed by atoms with E-state index in [0.717, 1.165) is 28.4 Å². The Labute approximate surface area is 111 Å². The minimum atomic E-state index is 0.805. The molecule has 0 unspecified atom stereocenters. The van der Waals surface area contributed by atoms with Crippen LogP contribution in [-0.4, -0.2) is 23.6 Å². The lowest BCUT2D eigenvalue weighted by Gasteiger charge is -1.99. The molecule has 0 bridgehead atoms. The fraction of sp³-hybridized carbons (Fsp3) is 0.133. The lowest BCUT2D eigenvalue weighted by molar-refractivity contribution is 0.414. The van der Waals surface area contributed by atoms with Crippen LogP contribution in [0.15, 0.2) is 48.8 Å². The van der Waals surface area contributed by atoms with Crippen LogP contribution < -0.4 is 9.47 Å². The van der Waals surface area contributed by atoms with Crippen molar-refractivity contribution in [3.8, 4) is 22.8 Å². The summed E-state index contributed by atoms with van der Waals surface area (Å²) in [7, 11) is 3.31. The first-order valence-electron chi connectivity index (χ1n) is 5.97. The molecule has 4 nitrogen and oxygen atoms in total. The van der Waals surface area contributed by atoms with Crippen LogP contribution in [0.3, 0.4) is 0 Å². The molecule has 0 atom stereocenters. The van der Waals surface area contributed by atoms with E-state index in [1.165, 1.54) is 0 Å². The highest BCUT2D eigenvalue weighted by atomic mass is 16.5.